The lowest BCUT2D eigenvalue weighted by molar-refractivity contribution is 0.0900. The van der Waals surface area contributed by atoms with Gasteiger partial charge in [-0.25, -0.2) is 0 Å². The molecule has 1 amide bonds. The molecule has 0 aromatic heterocycles. The van der Waals surface area contributed by atoms with E-state index in [0.717, 1.165) is 0 Å². The maximum atomic E-state index is 12.4. The van der Waals surface area contributed by atoms with Crippen LogP contribution in [0.5, 0.6) is 5.75 Å². The minimum atomic E-state index is -0.192. The van der Waals surface area contributed by atoms with E-state index in [1.807, 2.05) is 6.92 Å². The Labute approximate surface area is 114 Å². The zero-order chi connectivity index (χ0) is 14.0. The Morgan fingerprint density at radius 2 is 2.16 bits per heavy atom. The minimum Gasteiger partial charge on any atom is -0.493 e. The molecule has 0 heterocycles. The van der Waals surface area contributed by atoms with E-state index in [-0.39, 0.29) is 11.4 Å². The Kier molecular flexibility index (Phi) is 3.69. The second-order valence-electron chi connectivity index (χ2n) is 5.60. The van der Waals surface area contributed by atoms with E-state index >= 15 is 0 Å². The number of anilines is 1. The summed E-state index contributed by atoms with van der Waals surface area (Å²) in [5.41, 5.74) is 6.63. The van der Waals surface area contributed by atoms with Gasteiger partial charge >= 0.3 is 0 Å². The fourth-order valence-corrected chi connectivity index (χ4v) is 2.33. The summed E-state index contributed by atoms with van der Waals surface area (Å²) in [5, 5.41) is 3.08. The molecule has 3 N–H and O–H groups in total. The van der Waals surface area contributed by atoms with Gasteiger partial charge in [0.1, 0.15) is 11.3 Å². The summed E-state index contributed by atoms with van der Waals surface area (Å²) in [5.74, 6) is 0.960. The summed E-state index contributed by atoms with van der Waals surface area (Å²) in [4.78, 5) is 12.4. The number of nitrogens with one attached hydrogen (secondary N) is 1. The molecule has 1 aromatic carbocycles. The van der Waals surface area contributed by atoms with Crippen molar-refractivity contribution in [2.45, 2.75) is 39.2 Å². The second kappa shape index (κ2) is 5.11. The molecule has 2 rings (SSSR count). The predicted molar refractivity (Wildman–Crippen MR) is 76.3 cm³/mol. The van der Waals surface area contributed by atoms with Gasteiger partial charge in [-0.15, -0.1) is 0 Å². The molecule has 1 aromatic rings. The van der Waals surface area contributed by atoms with E-state index in [1.165, 1.54) is 12.8 Å². The standard InChI is InChI=1S/C15H22N2O2/c1-4-19-12-7-5-6-11(16)13(12)14(18)17-15(2,3)10-8-9-10/h5-7,10H,4,8-9,16H2,1-3H3,(H,17,18). The van der Waals surface area contributed by atoms with Gasteiger partial charge < -0.3 is 15.8 Å². The minimum absolute atomic E-state index is 0.154. The molecule has 104 valence electrons. The first-order valence-corrected chi connectivity index (χ1v) is 6.79. The van der Waals surface area contributed by atoms with Crippen molar-refractivity contribution in [1.29, 1.82) is 0 Å². The van der Waals surface area contributed by atoms with Crippen molar-refractivity contribution in [2.24, 2.45) is 5.92 Å². The summed E-state index contributed by atoms with van der Waals surface area (Å²) >= 11 is 0. The summed E-state index contributed by atoms with van der Waals surface area (Å²) < 4.78 is 5.49. The lowest BCUT2D eigenvalue weighted by atomic mass is 9.97. The number of rotatable bonds is 5. The van der Waals surface area contributed by atoms with Crippen LogP contribution in [0.4, 0.5) is 5.69 Å². The average Bonchev–Trinajstić information content (AvgIpc) is 3.12. The van der Waals surface area contributed by atoms with E-state index in [2.05, 4.69) is 19.2 Å². The number of carbonyl (C=O) groups is 1. The van der Waals surface area contributed by atoms with Crippen molar-refractivity contribution in [3.05, 3.63) is 23.8 Å². The van der Waals surface area contributed by atoms with Gasteiger partial charge in [-0.05, 0) is 51.7 Å². The molecule has 0 saturated heterocycles. The van der Waals surface area contributed by atoms with Crippen molar-refractivity contribution < 1.29 is 9.53 Å². The van der Waals surface area contributed by atoms with Gasteiger partial charge in [-0.3, -0.25) is 4.79 Å². The first-order valence-electron chi connectivity index (χ1n) is 6.79. The Morgan fingerprint density at radius 3 is 2.74 bits per heavy atom. The molecule has 0 unspecified atom stereocenters. The van der Waals surface area contributed by atoms with Gasteiger partial charge in [0.25, 0.3) is 5.91 Å². The first kappa shape index (κ1) is 13.7. The molecule has 0 radical (unpaired) electrons. The fourth-order valence-electron chi connectivity index (χ4n) is 2.33. The van der Waals surface area contributed by atoms with Crippen LogP contribution in [0.3, 0.4) is 0 Å². The summed E-state index contributed by atoms with van der Waals surface area (Å²) in [7, 11) is 0. The highest BCUT2D eigenvalue weighted by Gasteiger charge is 2.39. The zero-order valence-electron chi connectivity index (χ0n) is 11.8. The van der Waals surface area contributed by atoms with E-state index in [1.54, 1.807) is 18.2 Å². The molecule has 1 aliphatic carbocycles. The van der Waals surface area contributed by atoms with E-state index in [0.29, 0.717) is 29.5 Å². The van der Waals surface area contributed by atoms with Gasteiger partial charge in [-0.1, -0.05) is 6.07 Å². The number of nitrogens with two attached hydrogens (primary N) is 1. The van der Waals surface area contributed by atoms with Gasteiger partial charge in [0, 0.05) is 11.2 Å². The molecular formula is C15H22N2O2. The van der Waals surface area contributed by atoms with Crippen LogP contribution in [0.25, 0.3) is 0 Å². The molecule has 1 fully saturated rings. The fraction of sp³-hybridized carbons (Fsp3) is 0.533. The topological polar surface area (TPSA) is 64.3 Å². The monoisotopic (exact) mass is 262 g/mol. The highest BCUT2D eigenvalue weighted by Crippen LogP contribution is 2.39. The van der Waals surface area contributed by atoms with Crippen LogP contribution in [0, 0.1) is 5.92 Å². The molecule has 19 heavy (non-hydrogen) atoms. The highest BCUT2D eigenvalue weighted by atomic mass is 16.5. The van der Waals surface area contributed by atoms with Crippen LogP contribution in [0.2, 0.25) is 0 Å². The SMILES string of the molecule is CCOc1cccc(N)c1C(=O)NC(C)(C)C1CC1. The number of hydrogen-bond donors (Lipinski definition) is 2. The van der Waals surface area contributed by atoms with Crippen LogP contribution in [-0.2, 0) is 0 Å². The van der Waals surface area contributed by atoms with Gasteiger partial charge in [-0.2, -0.15) is 0 Å². The molecule has 1 saturated carbocycles. The van der Waals surface area contributed by atoms with E-state index < -0.39 is 0 Å². The Bertz CT molecular complexity index is 479. The summed E-state index contributed by atoms with van der Waals surface area (Å²) in [6.07, 6.45) is 2.35. The van der Waals surface area contributed by atoms with Gasteiger partial charge in [0.2, 0.25) is 0 Å². The maximum Gasteiger partial charge on any atom is 0.257 e. The van der Waals surface area contributed by atoms with Crippen LogP contribution in [0.1, 0.15) is 44.0 Å². The van der Waals surface area contributed by atoms with Crippen molar-refractivity contribution in [2.75, 3.05) is 12.3 Å². The van der Waals surface area contributed by atoms with Crippen molar-refractivity contribution in [3.63, 3.8) is 0 Å². The lowest BCUT2D eigenvalue weighted by Crippen LogP contribution is -2.45. The van der Waals surface area contributed by atoms with Crippen LogP contribution >= 0.6 is 0 Å². The number of benzene rings is 1. The van der Waals surface area contributed by atoms with Crippen molar-refractivity contribution in [1.82, 2.24) is 5.32 Å². The maximum absolute atomic E-state index is 12.4. The predicted octanol–water partition coefficient (Wildman–Crippen LogP) is 2.59. The average molecular weight is 262 g/mol. The molecule has 0 spiro atoms. The van der Waals surface area contributed by atoms with Crippen molar-refractivity contribution in [3.8, 4) is 5.75 Å². The molecule has 4 nitrogen and oxygen atoms in total. The smallest absolute Gasteiger partial charge is 0.257 e. The van der Waals surface area contributed by atoms with Crippen molar-refractivity contribution >= 4 is 11.6 Å². The molecule has 0 aliphatic heterocycles. The third-order valence-corrected chi connectivity index (χ3v) is 3.62. The third-order valence-electron chi connectivity index (χ3n) is 3.62. The number of amides is 1. The molecule has 1 aliphatic rings. The number of carbonyl (C=O) groups excluding carboxylic acids is 1. The van der Waals surface area contributed by atoms with Crippen LogP contribution in [0.15, 0.2) is 18.2 Å². The quantitative estimate of drug-likeness (QED) is 0.802. The summed E-state index contributed by atoms with van der Waals surface area (Å²) in [6.45, 7) is 6.51. The van der Waals surface area contributed by atoms with Crippen LogP contribution in [-0.4, -0.2) is 18.1 Å². The molecule has 4 heteroatoms. The Hall–Kier alpha value is -1.71. The van der Waals surface area contributed by atoms with Gasteiger partial charge in [0.05, 0.1) is 6.61 Å². The molecular weight excluding hydrogens is 240 g/mol. The number of ether oxygens (including phenoxy) is 1. The Morgan fingerprint density at radius 1 is 1.47 bits per heavy atom. The largest absolute Gasteiger partial charge is 0.493 e. The Balaban J connectivity index is 2.22. The van der Waals surface area contributed by atoms with E-state index in [9.17, 15) is 4.79 Å². The summed E-state index contributed by atoms with van der Waals surface area (Å²) in [6, 6.07) is 5.30. The normalized spacial score (nSPS) is 15.1. The van der Waals surface area contributed by atoms with Gasteiger partial charge in [0.15, 0.2) is 0 Å². The first-order chi connectivity index (χ1) is 8.95. The highest BCUT2D eigenvalue weighted by molar-refractivity contribution is 6.02. The van der Waals surface area contributed by atoms with Crippen LogP contribution < -0.4 is 15.8 Å². The number of hydrogen-bond acceptors (Lipinski definition) is 3. The number of nitrogen functional groups attached to an aromatic ring is 1. The molecule has 0 atom stereocenters. The molecule has 0 bridgehead atoms. The second-order valence-corrected chi connectivity index (χ2v) is 5.60. The van der Waals surface area contributed by atoms with E-state index in [4.69, 9.17) is 10.5 Å². The zero-order valence-corrected chi connectivity index (χ0v) is 11.8. The lowest BCUT2D eigenvalue weighted by Gasteiger charge is -2.27. The third kappa shape index (κ3) is 3.00.